The van der Waals surface area contributed by atoms with Crippen LogP contribution in [0.2, 0.25) is 0 Å². The minimum atomic E-state index is -0.595. The van der Waals surface area contributed by atoms with E-state index in [2.05, 4.69) is 10.3 Å². The van der Waals surface area contributed by atoms with E-state index in [0.29, 0.717) is 18.8 Å². The quantitative estimate of drug-likeness (QED) is 0.686. The second-order valence-electron chi connectivity index (χ2n) is 3.63. The van der Waals surface area contributed by atoms with E-state index in [1.807, 2.05) is 6.92 Å². The van der Waals surface area contributed by atoms with Crippen LogP contribution >= 0.6 is 0 Å². The van der Waals surface area contributed by atoms with Crippen LogP contribution in [0.5, 0.6) is 0 Å². The molecule has 1 atom stereocenters. The molecule has 2 N–H and O–H groups in total. The lowest BCUT2D eigenvalue weighted by Crippen LogP contribution is -2.18. The molecule has 1 aromatic heterocycles. The van der Waals surface area contributed by atoms with Gasteiger partial charge in [-0.25, -0.2) is 4.68 Å². The molecule has 96 valence electrons. The summed E-state index contributed by atoms with van der Waals surface area (Å²) < 4.78 is 11.8. The van der Waals surface area contributed by atoms with Crippen molar-refractivity contribution in [1.82, 2.24) is 15.0 Å². The number of methoxy groups -OCH3 is 2. The van der Waals surface area contributed by atoms with Crippen molar-refractivity contribution < 1.29 is 14.3 Å². The van der Waals surface area contributed by atoms with Gasteiger partial charge in [0.25, 0.3) is 5.91 Å². The first-order valence-electron chi connectivity index (χ1n) is 5.36. The Balaban J connectivity index is 2.92. The summed E-state index contributed by atoms with van der Waals surface area (Å²) in [4.78, 5) is 11.2. The third-order valence-corrected chi connectivity index (χ3v) is 2.46. The van der Waals surface area contributed by atoms with Gasteiger partial charge in [0, 0.05) is 27.4 Å². The lowest BCUT2D eigenvalue weighted by molar-refractivity contribution is 0.0958. The number of ether oxygens (including phenoxy) is 2. The zero-order chi connectivity index (χ0) is 12.8. The third-order valence-electron chi connectivity index (χ3n) is 2.46. The first-order valence-corrected chi connectivity index (χ1v) is 5.36. The molecule has 0 bridgehead atoms. The summed E-state index contributed by atoms with van der Waals surface area (Å²) in [6, 6.07) is 0. The topological polar surface area (TPSA) is 92.3 Å². The molecule has 0 aromatic carbocycles. The van der Waals surface area contributed by atoms with Crippen LogP contribution < -0.4 is 5.73 Å². The molecule has 0 aliphatic rings. The predicted octanol–water partition coefficient (Wildman–Crippen LogP) is 0.121. The van der Waals surface area contributed by atoms with Crippen molar-refractivity contribution in [3.63, 3.8) is 0 Å². The third kappa shape index (κ3) is 3.24. The fourth-order valence-corrected chi connectivity index (χ4v) is 1.53. The fourth-order valence-electron chi connectivity index (χ4n) is 1.53. The van der Waals surface area contributed by atoms with Gasteiger partial charge in [0.1, 0.15) is 5.69 Å². The zero-order valence-electron chi connectivity index (χ0n) is 10.3. The number of nitrogens with two attached hydrogens (primary N) is 1. The molecule has 1 rings (SSSR count). The normalized spacial score (nSPS) is 12.6. The molecular formula is C10H18N4O3. The van der Waals surface area contributed by atoms with Crippen LogP contribution in [0.4, 0.5) is 0 Å². The Kier molecular flexibility index (Phi) is 5.05. The van der Waals surface area contributed by atoms with Gasteiger partial charge in [-0.15, -0.1) is 5.10 Å². The Labute approximate surface area is 99.9 Å². The molecule has 7 nitrogen and oxygen atoms in total. The smallest absolute Gasteiger partial charge is 0.271 e. The average molecular weight is 242 g/mol. The standard InChI is InChI=1S/C10H18N4O3/c1-7(17-3)9-8(10(11)15)12-13-14(9)5-4-6-16-2/h7H,4-6H2,1-3H3,(H2,11,15). The highest BCUT2D eigenvalue weighted by Crippen LogP contribution is 2.18. The number of primary amides is 1. The molecule has 1 unspecified atom stereocenters. The van der Waals surface area contributed by atoms with Gasteiger partial charge in [-0.05, 0) is 13.3 Å². The van der Waals surface area contributed by atoms with Gasteiger partial charge >= 0.3 is 0 Å². The SMILES string of the molecule is COCCCn1nnc(C(N)=O)c1C(C)OC. The largest absolute Gasteiger partial charge is 0.385 e. The van der Waals surface area contributed by atoms with Gasteiger partial charge in [0.05, 0.1) is 6.10 Å². The molecule has 1 aromatic rings. The highest BCUT2D eigenvalue weighted by Gasteiger charge is 2.22. The second kappa shape index (κ2) is 6.31. The van der Waals surface area contributed by atoms with Gasteiger partial charge in [0.15, 0.2) is 5.69 Å². The predicted molar refractivity (Wildman–Crippen MR) is 60.5 cm³/mol. The van der Waals surface area contributed by atoms with Crippen LogP contribution in [0, 0.1) is 0 Å². The van der Waals surface area contributed by atoms with Crippen LogP contribution in [-0.4, -0.2) is 41.7 Å². The molecule has 0 saturated heterocycles. The number of aromatic nitrogens is 3. The second-order valence-corrected chi connectivity index (χ2v) is 3.63. The van der Waals surface area contributed by atoms with Gasteiger partial charge in [-0.1, -0.05) is 5.21 Å². The maximum Gasteiger partial charge on any atom is 0.271 e. The monoisotopic (exact) mass is 242 g/mol. The molecule has 0 fully saturated rings. The van der Waals surface area contributed by atoms with Gasteiger partial charge in [-0.2, -0.15) is 0 Å². The molecule has 17 heavy (non-hydrogen) atoms. The Morgan fingerprint density at radius 1 is 1.53 bits per heavy atom. The first-order chi connectivity index (χ1) is 8.11. The number of rotatable bonds is 7. The Morgan fingerprint density at radius 2 is 2.24 bits per heavy atom. The highest BCUT2D eigenvalue weighted by molar-refractivity contribution is 5.91. The van der Waals surface area contributed by atoms with E-state index < -0.39 is 5.91 Å². The number of amides is 1. The first kappa shape index (κ1) is 13.6. The van der Waals surface area contributed by atoms with Gasteiger partial charge < -0.3 is 15.2 Å². The molecule has 0 aliphatic carbocycles. The van der Waals surface area contributed by atoms with Crippen LogP contribution in [0.1, 0.15) is 35.6 Å². The van der Waals surface area contributed by atoms with E-state index in [9.17, 15) is 4.79 Å². The molecule has 1 heterocycles. The van der Waals surface area contributed by atoms with E-state index in [0.717, 1.165) is 6.42 Å². The molecule has 7 heteroatoms. The fraction of sp³-hybridized carbons (Fsp3) is 0.700. The molecular weight excluding hydrogens is 224 g/mol. The summed E-state index contributed by atoms with van der Waals surface area (Å²) in [5.74, 6) is -0.595. The lowest BCUT2D eigenvalue weighted by Gasteiger charge is -2.12. The van der Waals surface area contributed by atoms with E-state index in [1.165, 1.54) is 0 Å². The van der Waals surface area contributed by atoms with E-state index in [4.69, 9.17) is 15.2 Å². The van der Waals surface area contributed by atoms with Crippen molar-refractivity contribution in [2.75, 3.05) is 20.8 Å². The average Bonchev–Trinajstić information content (AvgIpc) is 2.72. The van der Waals surface area contributed by atoms with Crippen molar-refractivity contribution in [1.29, 1.82) is 0 Å². The minimum absolute atomic E-state index is 0.164. The number of carbonyl (C=O) groups is 1. The van der Waals surface area contributed by atoms with Crippen molar-refractivity contribution in [3.05, 3.63) is 11.4 Å². The summed E-state index contributed by atoms with van der Waals surface area (Å²) in [6.07, 6.45) is 0.497. The van der Waals surface area contributed by atoms with Crippen LogP contribution in [0.3, 0.4) is 0 Å². The van der Waals surface area contributed by atoms with Crippen LogP contribution in [0.15, 0.2) is 0 Å². The van der Waals surface area contributed by atoms with Crippen molar-refractivity contribution in [2.45, 2.75) is 26.0 Å². The summed E-state index contributed by atoms with van der Waals surface area (Å²) >= 11 is 0. The maximum absolute atomic E-state index is 11.2. The van der Waals surface area contributed by atoms with Crippen molar-refractivity contribution in [2.24, 2.45) is 5.73 Å². The number of aryl methyl sites for hydroxylation is 1. The van der Waals surface area contributed by atoms with E-state index in [1.54, 1.807) is 18.9 Å². The van der Waals surface area contributed by atoms with Gasteiger partial charge in [-0.3, -0.25) is 4.79 Å². The Bertz CT molecular complexity index is 378. The number of nitrogens with zero attached hydrogens (tertiary/aromatic N) is 3. The maximum atomic E-state index is 11.2. The zero-order valence-corrected chi connectivity index (χ0v) is 10.3. The summed E-state index contributed by atoms with van der Waals surface area (Å²) in [5, 5.41) is 7.69. The molecule has 0 spiro atoms. The molecule has 0 radical (unpaired) electrons. The lowest BCUT2D eigenvalue weighted by atomic mass is 10.2. The highest BCUT2D eigenvalue weighted by atomic mass is 16.5. The molecule has 0 aliphatic heterocycles. The van der Waals surface area contributed by atoms with E-state index >= 15 is 0 Å². The van der Waals surface area contributed by atoms with Crippen LogP contribution in [-0.2, 0) is 16.0 Å². The summed E-state index contributed by atoms with van der Waals surface area (Å²) in [7, 11) is 3.19. The summed E-state index contributed by atoms with van der Waals surface area (Å²) in [5.41, 5.74) is 6.01. The van der Waals surface area contributed by atoms with Crippen molar-refractivity contribution >= 4 is 5.91 Å². The minimum Gasteiger partial charge on any atom is -0.385 e. The van der Waals surface area contributed by atoms with E-state index in [-0.39, 0.29) is 11.8 Å². The number of hydrogen-bond acceptors (Lipinski definition) is 5. The number of hydrogen-bond donors (Lipinski definition) is 1. The number of carbonyl (C=O) groups excluding carboxylic acids is 1. The van der Waals surface area contributed by atoms with Crippen molar-refractivity contribution in [3.8, 4) is 0 Å². The molecule has 1 amide bonds. The Morgan fingerprint density at radius 3 is 2.76 bits per heavy atom. The Hall–Kier alpha value is -1.47. The molecule has 0 saturated carbocycles. The summed E-state index contributed by atoms with van der Waals surface area (Å²) in [6.45, 7) is 3.04. The van der Waals surface area contributed by atoms with Gasteiger partial charge in [0.2, 0.25) is 0 Å². The van der Waals surface area contributed by atoms with Crippen LogP contribution in [0.25, 0.3) is 0 Å².